The molecule has 36 heavy (non-hydrogen) atoms. The Bertz CT molecular complexity index is 1430. The Morgan fingerprint density at radius 2 is 1.89 bits per heavy atom. The number of ether oxygens (including phenoxy) is 1. The molecule has 0 unspecified atom stereocenters. The van der Waals surface area contributed by atoms with E-state index in [-0.39, 0.29) is 16.4 Å². The Hall–Kier alpha value is -3.93. The van der Waals surface area contributed by atoms with Crippen LogP contribution in [0.1, 0.15) is 10.4 Å². The summed E-state index contributed by atoms with van der Waals surface area (Å²) in [5.74, 6) is -0.528. The number of para-hydroxylation sites is 1. The molecule has 11 heteroatoms. The van der Waals surface area contributed by atoms with E-state index in [1.54, 1.807) is 17.4 Å². The van der Waals surface area contributed by atoms with Gasteiger partial charge in [0.05, 0.1) is 39.6 Å². The molecule has 0 aliphatic carbocycles. The number of nitro groups is 1. The molecule has 1 aliphatic rings. The number of nitrogens with zero attached hydrogens (tertiary/aromatic N) is 3. The maximum atomic E-state index is 13.1. The van der Waals surface area contributed by atoms with Gasteiger partial charge in [0.25, 0.3) is 11.6 Å². The van der Waals surface area contributed by atoms with Crippen molar-refractivity contribution in [2.45, 2.75) is 0 Å². The number of carbonyl (C=O) groups excluding carboxylic acids is 1. The lowest BCUT2D eigenvalue weighted by Crippen LogP contribution is -2.39. The molecule has 0 bridgehead atoms. The Balaban J connectivity index is 1.33. The van der Waals surface area contributed by atoms with E-state index in [0.717, 1.165) is 20.8 Å². The summed E-state index contributed by atoms with van der Waals surface area (Å²) >= 11 is 6.98. The maximum absolute atomic E-state index is 13.1. The second-order valence-electron chi connectivity index (χ2n) is 8.03. The molecule has 1 aliphatic heterocycles. The molecule has 1 fully saturated rings. The summed E-state index contributed by atoms with van der Waals surface area (Å²) in [7, 11) is 0. The first kappa shape index (κ1) is 23.8. The summed E-state index contributed by atoms with van der Waals surface area (Å²) < 4.78 is 6.49. The number of non-ortho nitro benzene ring substituents is 1. The van der Waals surface area contributed by atoms with E-state index in [9.17, 15) is 14.9 Å². The van der Waals surface area contributed by atoms with E-state index in [0.29, 0.717) is 37.7 Å². The van der Waals surface area contributed by atoms with Crippen LogP contribution in [0.15, 0.2) is 66.7 Å². The average Bonchev–Trinajstić information content (AvgIpc) is 3.33. The number of benzene rings is 3. The zero-order chi connectivity index (χ0) is 25.1. The highest BCUT2D eigenvalue weighted by Gasteiger charge is 2.22. The van der Waals surface area contributed by atoms with Gasteiger partial charge in [-0.25, -0.2) is 4.98 Å². The number of nitro benzene ring substituents is 1. The first-order valence-corrected chi connectivity index (χ1v) is 12.4. The lowest BCUT2D eigenvalue weighted by atomic mass is 10.1. The van der Waals surface area contributed by atoms with Crippen LogP contribution in [0.5, 0.6) is 0 Å². The molecular formula is C25H21N5O4S2. The molecule has 0 atom stereocenters. The third-order valence-corrected chi connectivity index (χ3v) is 6.97. The van der Waals surface area contributed by atoms with Crippen molar-refractivity contribution in [3.05, 3.63) is 82.4 Å². The Labute approximate surface area is 215 Å². The third kappa shape index (κ3) is 5.18. The van der Waals surface area contributed by atoms with E-state index in [4.69, 9.17) is 17.0 Å². The number of aromatic nitrogens is 1. The van der Waals surface area contributed by atoms with Crippen LogP contribution in [-0.2, 0) is 4.74 Å². The van der Waals surface area contributed by atoms with Gasteiger partial charge >= 0.3 is 0 Å². The molecule has 5 rings (SSSR count). The standard InChI is InChI=1S/C25H21N5O4S2/c31-23(19-15-18(30(32)33)8-9-21(19)29-10-12-34-13-11-29)28-25(35)26-17-5-3-4-16(14-17)24-27-20-6-1-2-7-22(20)36-24/h1-9,14-15H,10-13H2,(H2,26,28,31,35). The normalized spacial score (nSPS) is 13.4. The van der Waals surface area contributed by atoms with Gasteiger partial charge in [0, 0.05) is 36.5 Å². The molecular weight excluding hydrogens is 498 g/mol. The largest absolute Gasteiger partial charge is 0.378 e. The average molecular weight is 520 g/mol. The monoisotopic (exact) mass is 519 g/mol. The van der Waals surface area contributed by atoms with Crippen molar-refractivity contribution < 1.29 is 14.5 Å². The zero-order valence-electron chi connectivity index (χ0n) is 19.0. The minimum absolute atomic E-state index is 0.0842. The molecule has 9 nitrogen and oxygen atoms in total. The second-order valence-corrected chi connectivity index (χ2v) is 9.47. The molecule has 2 N–H and O–H groups in total. The molecule has 2 heterocycles. The molecule has 1 aromatic heterocycles. The van der Waals surface area contributed by atoms with E-state index in [2.05, 4.69) is 15.6 Å². The molecule has 0 spiro atoms. The molecule has 4 aromatic rings. The number of hydrogen-bond donors (Lipinski definition) is 2. The minimum atomic E-state index is -0.528. The molecule has 1 saturated heterocycles. The van der Waals surface area contributed by atoms with Gasteiger partial charge in [0.1, 0.15) is 5.01 Å². The first-order chi connectivity index (χ1) is 17.5. The number of thiocarbonyl (C=S) groups is 1. The minimum Gasteiger partial charge on any atom is -0.378 e. The van der Waals surface area contributed by atoms with Gasteiger partial charge in [-0.3, -0.25) is 20.2 Å². The second kappa shape index (κ2) is 10.4. The van der Waals surface area contributed by atoms with Crippen LogP contribution in [-0.4, -0.2) is 47.2 Å². The number of anilines is 2. The van der Waals surface area contributed by atoms with Crippen molar-refractivity contribution in [2.75, 3.05) is 36.5 Å². The Morgan fingerprint density at radius 3 is 2.67 bits per heavy atom. The van der Waals surface area contributed by atoms with Crippen molar-refractivity contribution in [1.29, 1.82) is 0 Å². The summed E-state index contributed by atoms with van der Waals surface area (Å²) in [4.78, 5) is 30.6. The van der Waals surface area contributed by atoms with Gasteiger partial charge in [-0.15, -0.1) is 11.3 Å². The number of hydrogen-bond acceptors (Lipinski definition) is 8. The smallest absolute Gasteiger partial charge is 0.270 e. The zero-order valence-corrected chi connectivity index (χ0v) is 20.6. The Morgan fingerprint density at radius 1 is 1.08 bits per heavy atom. The van der Waals surface area contributed by atoms with Crippen LogP contribution < -0.4 is 15.5 Å². The van der Waals surface area contributed by atoms with Crippen LogP contribution in [0.4, 0.5) is 17.1 Å². The summed E-state index contributed by atoms with van der Waals surface area (Å²) in [6.07, 6.45) is 0. The fourth-order valence-corrected chi connectivity index (χ4v) is 5.13. The van der Waals surface area contributed by atoms with Crippen LogP contribution >= 0.6 is 23.6 Å². The summed E-state index contributed by atoms with van der Waals surface area (Å²) in [5, 5.41) is 18.0. The van der Waals surface area contributed by atoms with Crippen molar-refractivity contribution in [3.63, 3.8) is 0 Å². The SMILES string of the molecule is O=C(NC(=S)Nc1cccc(-c2nc3ccccc3s2)c1)c1cc([N+](=O)[O-])ccc1N1CCOCC1. The van der Waals surface area contributed by atoms with Gasteiger partial charge in [-0.05, 0) is 42.5 Å². The molecule has 1 amide bonds. The fourth-order valence-electron chi connectivity index (χ4n) is 3.96. The van der Waals surface area contributed by atoms with Gasteiger partial charge in [0.15, 0.2) is 5.11 Å². The molecule has 3 aromatic carbocycles. The predicted molar refractivity (Wildman–Crippen MR) is 145 cm³/mol. The van der Waals surface area contributed by atoms with Crippen molar-refractivity contribution in [1.82, 2.24) is 10.3 Å². The number of fused-ring (bicyclic) bond motifs is 1. The topological polar surface area (TPSA) is 110 Å². The number of morpholine rings is 1. The van der Waals surface area contributed by atoms with Crippen LogP contribution in [0.2, 0.25) is 0 Å². The van der Waals surface area contributed by atoms with E-state index < -0.39 is 10.8 Å². The molecule has 0 saturated carbocycles. The van der Waals surface area contributed by atoms with Crippen LogP contribution in [0.3, 0.4) is 0 Å². The summed E-state index contributed by atoms with van der Waals surface area (Å²) in [6.45, 7) is 2.20. The highest BCUT2D eigenvalue weighted by atomic mass is 32.1. The number of carbonyl (C=O) groups is 1. The molecule has 0 radical (unpaired) electrons. The van der Waals surface area contributed by atoms with Gasteiger partial charge < -0.3 is 15.0 Å². The predicted octanol–water partition coefficient (Wildman–Crippen LogP) is 4.83. The first-order valence-electron chi connectivity index (χ1n) is 11.2. The number of amides is 1. The van der Waals surface area contributed by atoms with Crippen molar-refractivity contribution in [2.24, 2.45) is 0 Å². The third-order valence-electron chi connectivity index (χ3n) is 5.68. The lowest BCUT2D eigenvalue weighted by Gasteiger charge is -2.30. The maximum Gasteiger partial charge on any atom is 0.270 e. The number of nitrogens with one attached hydrogen (secondary N) is 2. The lowest BCUT2D eigenvalue weighted by molar-refractivity contribution is -0.384. The van der Waals surface area contributed by atoms with Gasteiger partial charge in [-0.1, -0.05) is 24.3 Å². The van der Waals surface area contributed by atoms with Crippen LogP contribution in [0, 0.1) is 10.1 Å². The van der Waals surface area contributed by atoms with Crippen LogP contribution in [0.25, 0.3) is 20.8 Å². The van der Waals surface area contributed by atoms with Crippen molar-refractivity contribution in [3.8, 4) is 10.6 Å². The number of thiazole rings is 1. The highest BCUT2D eigenvalue weighted by molar-refractivity contribution is 7.80. The Kier molecular flexibility index (Phi) is 6.85. The van der Waals surface area contributed by atoms with E-state index in [1.807, 2.05) is 53.4 Å². The summed E-state index contributed by atoms with van der Waals surface area (Å²) in [6, 6.07) is 19.8. The summed E-state index contributed by atoms with van der Waals surface area (Å²) in [5.41, 5.74) is 3.15. The van der Waals surface area contributed by atoms with Gasteiger partial charge in [-0.2, -0.15) is 0 Å². The highest BCUT2D eigenvalue weighted by Crippen LogP contribution is 2.31. The van der Waals surface area contributed by atoms with E-state index in [1.165, 1.54) is 12.1 Å². The van der Waals surface area contributed by atoms with E-state index >= 15 is 0 Å². The quantitative estimate of drug-likeness (QED) is 0.219. The van der Waals surface area contributed by atoms with Gasteiger partial charge in [0.2, 0.25) is 0 Å². The molecule has 182 valence electrons. The van der Waals surface area contributed by atoms with Crippen molar-refractivity contribution >= 4 is 61.9 Å². The fraction of sp³-hybridized carbons (Fsp3) is 0.160. The number of rotatable bonds is 5.